The maximum absolute atomic E-state index is 13.0. The molecular weight excluding hydrogens is 382 g/mol. The molecule has 30 heavy (non-hydrogen) atoms. The van der Waals surface area contributed by atoms with Crippen molar-refractivity contribution in [2.24, 2.45) is 0 Å². The fourth-order valence-electron chi connectivity index (χ4n) is 3.01. The van der Waals surface area contributed by atoms with Gasteiger partial charge in [-0.3, -0.25) is 4.79 Å². The molecule has 0 atom stereocenters. The second kappa shape index (κ2) is 8.12. The van der Waals surface area contributed by atoms with Crippen molar-refractivity contribution in [3.8, 4) is 11.5 Å². The van der Waals surface area contributed by atoms with Gasteiger partial charge in [-0.2, -0.15) is 0 Å². The van der Waals surface area contributed by atoms with Gasteiger partial charge in [0.25, 0.3) is 5.91 Å². The number of carbonyl (C=O) groups excluding carboxylic acids is 1. The molecule has 0 spiro atoms. The van der Waals surface area contributed by atoms with Crippen LogP contribution in [0, 0.1) is 0 Å². The minimum Gasteiger partial charge on any atom is -0.508 e. The summed E-state index contributed by atoms with van der Waals surface area (Å²) in [5.74, 6) is 1.31. The van der Waals surface area contributed by atoms with Crippen molar-refractivity contribution in [3.05, 3.63) is 78.1 Å². The normalized spacial score (nSPS) is 10.7. The van der Waals surface area contributed by atoms with Gasteiger partial charge in [-0.25, -0.2) is 9.50 Å². The summed E-state index contributed by atoms with van der Waals surface area (Å²) in [6.45, 7) is 0.577. The lowest BCUT2D eigenvalue weighted by atomic mass is 10.2. The summed E-state index contributed by atoms with van der Waals surface area (Å²) in [5, 5.41) is 17.2. The Bertz CT molecular complexity index is 1170. The number of nitrogens with zero attached hydrogens (tertiary/aromatic N) is 4. The predicted molar refractivity (Wildman–Crippen MR) is 114 cm³/mol. The number of imidazole rings is 1. The van der Waals surface area contributed by atoms with Gasteiger partial charge in [0.2, 0.25) is 0 Å². The molecule has 0 saturated heterocycles. The number of carbonyl (C=O) groups is 1. The maximum atomic E-state index is 13.0. The Labute approximate surface area is 173 Å². The van der Waals surface area contributed by atoms with Crippen LogP contribution in [0.2, 0.25) is 0 Å². The summed E-state index contributed by atoms with van der Waals surface area (Å²) < 4.78 is 6.70. The highest BCUT2D eigenvalue weighted by Gasteiger charge is 2.19. The number of fused-ring (bicyclic) bond motifs is 1. The van der Waals surface area contributed by atoms with Gasteiger partial charge < -0.3 is 20.1 Å². The number of phenolic OH excluding ortho intramolecular Hbond substituents is 1. The van der Waals surface area contributed by atoms with Crippen molar-refractivity contribution >= 4 is 23.1 Å². The quantitative estimate of drug-likeness (QED) is 0.513. The first-order valence-electron chi connectivity index (χ1n) is 9.34. The Hall–Kier alpha value is -4.07. The number of hydrogen-bond acceptors (Lipinski definition) is 6. The largest absolute Gasteiger partial charge is 0.508 e. The SMILES string of the molecule is COc1ccc(CNc2ccc3ncc(C(=O)N(C)c4ccc(O)cc4)n3n2)cc1. The molecule has 8 nitrogen and oxygen atoms in total. The summed E-state index contributed by atoms with van der Waals surface area (Å²) >= 11 is 0. The van der Waals surface area contributed by atoms with Crippen LogP contribution in [-0.2, 0) is 6.54 Å². The van der Waals surface area contributed by atoms with Gasteiger partial charge in [-0.15, -0.1) is 5.10 Å². The third kappa shape index (κ3) is 3.88. The van der Waals surface area contributed by atoms with E-state index >= 15 is 0 Å². The molecular formula is C22H21N5O3. The first-order valence-corrected chi connectivity index (χ1v) is 9.34. The van der Waals surface area contributed by atoms with Crippen LogP contribution < -0.4 is 15.0 Å². The number of rotatable bonds is 6. The zero-order chi connectivity index (χ0) is 21.1. The van der Waals surface area contributed by atoms with E-state index in [1.807, 2.05) is 30.3 Å². The Kier molecular flexibility index (Phi) is 5.21. The summed E-state index contributed by atoms with van der Waals surface area (Å²) in [6.07, 6.45) is 1.51. The highest BCUT2D eigenvalue weighted by molar-refractivity contribution is 6.04. The van der Waals surface area contributed by atoms with Crippen LogP contribution in [0.4, 0.5) is 11.5 Å². The first kappa shape index (κ1) is 19.3. The van der Waals surface area contributed by atoms with E-state index in [4.69, 9.17) is 4.74 Å². The van der Waals surface area contributed by atoms with Crippen LogP contribution in [-0.4, -0.2) is 39.8 Å². The van der Waals surface area contributed by atoms with E-state index < -0.39 is 0 Å². The molecule has 2 N–H and O–H groups in total. The number of nitrogens with one attached hydrogen (secondary N) is 1. The molecule has 0 bridgehead atoms. The summed E-state index contributed by atoms with van der Waals surface area (Å²) in [4.78, 5) is 18.8. The van der Waals surface area contributed by atoms with Crippen LogP contribution >= 0.6 is 0 Å². The van der Waals surface area contributed by atoms with Gasteiger partial charge in [-0.1, -0.05) is 12.1 Å². The smallest absolute Gasteiger partial charge is 0.278 e. The number of aromatic hydroxyl groups is 1. The van der Waals surface area contributed by atoms with Crippen molar-refractivity contribution in [3.63, 3.8) is 0 Å². The van der Waals surface area contributed by atoms with Crippen LogP contribution in [0.25, 0.3) is 5.65 Å². The lowest BCUT2D eigenvalue weighted by Crippen LogP contribution is -2.27. The number of amides is 1. The number of benzene rings is 2. The number of phenols is 1. The topological polar surface area (TPSA) is 92.0 Å². The number of anilines is 2. The minimum atomic E-state index is -0.256. The zero-order valence-electron chi connectivity index (χ0n) is 16.6. The van der Waals surface area contributed by atoms with E-state index in [1.54, 1.807) is 32.4 Å². The predicted octanol–water partition coefficient (Wildman–Crippen LogP) is 3.33. The molecule has 0 unspecified atom stereocenters. The van der Waals surface area contributed by atoms with Crippen molar-refractivity contribution in [2.45, 2.75) is 6.54 Å². The molecule has 0 aliphatic heterocycles. The molecule has 4 aromatic rings. The Morgan fingerprint density at radius 3 is 2.53 bits per heavy atom. The van der Waals surface area contributed by atoms with E-state index in [1.165, 1.54) is 27.7 Å². The Morgan fingerprint density at radius 1 is 1.10 bits per heavy atom. The number of ether oxygens (including phenoxy) is 1. The highest BCUT2D eigenvalue weighted by Crippen LogP contribution is 2.20. The van der Waals surface area contributed by atoms with E-state index in [0.717, 1.165) is 11.3 Å². The van der Waals surface area contributed by atoms with Gasteiger partial charge >= 0.3 is 0 Å². The highest BCUT2D eigenvalue weighted by atomic mass is 16.5. The van der Waals surface area contributed by atoms with Crippen LogP contribution in [0.15, 0.2) is 66.9 Å². The molecule has 0 fully saturated rings. The minimum absolute atomic E-state index is 0.142. The van der Waals surface area contributed by atoms with Crippen molar-refractivity contribution in [1.29, 1.82) is 0 Å². The molecule has 1 amide bonds. The third-order valence-electron chi connectivity index (χ3n) is 4.76. The van der Waals surface area contributed by atoms with Crippen LogP contribution in [0.3, 0.4) is 0 Å². The van der Waals surface area contributed by atoms with Crippen LogP contribution in [0.1, 0.15) is 16.1 Å². The summed E-state index contributed by atoms with van der Waals surface area (Å²) in [6, 6.07) is 17.8. The first-order chi connectivity index (χ1) is 14.5. The molecule has 8 heteroatoms. The van der Waals surface area contributed by atoms with E-state index in [9.17, 15) is 9.90 Å². The zero-order valence-corrected chi connectivity index (χ0v) is 16.6. The third-order valence-corrected chi connectivity index (χ3v) is 4.76. The fraction of sp³-hybridized carbons (Fsp3) is 0.136. The molecule has 2 aromatic heterocycles. The fourth-order valence-corrected chi connectivity index (χ4v) is 3.01. The van der Waals surface area contributed by atoms with Gasteiger partial charge in [-0.05, 0) is 54.1 Å². The summed E-state index contributed by atoms with van der Waals surface area (Å²) in [7, 11) is 3.30. The standard InChI is InChI=1S/C22H21N5O3/c1-26(16-5-7-17(28)8-6-16)22(29)19-14-24-21-12-11-20(25-27(19)21)23-13-15-3-9-18(30-2)10-4-15/h3-12,14,28H,13H2,1-2H3,(H,23,25). The van der Waals surface area contributed by atoms with Crippen molar-refractivity contribution < 1.29 is 14.6 Å². The van der Waals surface area contributed by atoms with Crippen molar-refractivity contribution in [1.82, 2.24) is 14.6 Å². The maximum Gasteiger partial charge on any atom is 0.278 e. The second-order valence-electron chi connectivity index (χ2n) is 6.71. The molecule has 152 valence electrons. The number of methoxy groups -OCH3 is 1. The second-order valence-corrected chi connectivity index (χ2v) is 6.71. The Balaban J connectivity index is 1.54. The molecule has 0 radical (unpaired) electrons. The molecule has 0 aliphatic carbocycles. The number of hydrogen-bond donors (Lipinski definition) is 2. The average molecular weight is 403 g/mol. The van der Waals surface area contributed by atoms with Gasteiger partial charge in [0.1, 0.15) is 17.3 Å². The number of aromatic nitrogens is 3. The van der Waals surface area contributed by atoms with Gasteiger partial charge in [0.05, 0.1) is 13.3 Å². The molecule has 2 heterocycles. The summed E-state index contributed by atoms with van der Waals surface area (Å²) in [5.41, 5.74) is 2.65. The average Bonchev–Trinajstić information content (AvgIpc) is 3.21. The monoisotopic (exact) mass is 403 g/mol. The van der Waals surface area contributed by atoms with E-state index in [-0.39, 0.29) is 11.7 Å². The molecule has 0 aliphatic rings. The van der Waals surface area contributed by atoms with Gasteiger partial charge in [0, 0.05) is 19.3 Å². The Morgan fingerprint density at radius 2 is 1.83 bits per heavy atom. The van der Waals surface area contributed by atoms with Gasteiger partial charge in [0.15, 0.2) is 11.3 Å². The van der Waals surface area contributed by atoms with E-state index in [0.29, 0.717) is 29.4 Å². The van der Waals surface area contributed by atoms with E-state index in [2.05, 4.69) is 15.4 Å². The lowest BCUT2D eigenvalue weighted by molar-refractivity contribution is 0.0986. The van der Waals surface area contributed by atoms with Crippen molar-refractivity contribution in [2.75, 3.05) is 24.4 Å². The lowest BCUT2D eigenvalue weighted by Gasteiger charge is -2.17. The molecule has 4 rings (SSSR count). The van der Waals surface area contributed by atoms with Crippen LogP contribution in [0.5, 0.6) is 11.5 Å². The molecule has 0 saturated carbocycles. The molecule has 2 aromatic carbocycles.